The summed E-state index contributed by atoms with van der Waals surface area (Å²) in [6, 6.07) is 38.0. The van der Waals surface area contributed by atoms with Crippen LogP contribution in [-0.2, 0) is 17.1 Å². The summed E-state index contributed by atoms with van der Waals surface area (Å²) in [7, 11) is -0.542. The van der Waals surface area contributed by atoms with E-state index in [0.29, 0.717) is 0 Å². The Hall–Kier alpha value is -1.95. The van der Waals surface area contributed by atoms with Gasteiger partial charge in [-0.25, -0.2) is 24.3 Å². The van der Waals surface area contributed by atoms with Gasteiger partial charge >= 0.3 is 17.1 Å². The molecule has 0 fully saturated rings. The molecule has 0 aromatic heterocycles. The zero-order chi connectivity index (χ0) is 18.2. The van der Waals surface area contributed by atoms with Crippen molar-refractivity contribution in [3.8, 4) is 0 Å². The molecule has 4 aromatic rings. The first-order valence-electron chi connectivity index (χ1n) is 8.85. The van der Waals surface area contributed by atoms with E-state index in [0.717, 1.165) is 0 Å². The van der Waals surface area contributed by atoms with Crippen LogP contribution in [0.3, 0.4) is 0 Å². The summed E-state index contributed by atoms with van der Waals surface area (Å²) < 4.78 is 0. The number of nitrogens with two attached hydrogens (primary N) is 1. The van der Waals surface area contributed by atoms with Gasteiger partial charge in [0.15, 0.2) is 0 Å². The molecule has 138 valence electrons. The molecule has 0 saturated carbocycles. The van der Waals surface area contributed by atoms with Crippen LogP contribution in [0.4, 0.5) is 0 Å². The van der Waals surface area contributed by atoms with Crippen molar-refractivity contribution in [2.75, 3.05) is 0 Å². The summed E-state index contributed by atoms with van der Waals surface area (Å²) in [5, 5.41) is 4.11. The second-order valence-electron chi connectivity index (χ2n) is 6.12. The largest absolute Gasteiger partial charge is 2.00 e. The van der Waals surface area contributed by atoms with Gasteiger partial charge in [0.2, 0.25) is 0 Å². The fourth-order valence-electron chi connectivity index (χ4n) is 2.92. The average molecular weight is 413 g/mol. The number of rotatable bonds is 4. The van der Waals surface area contributed by atoms with Gasteiger partial charge in [-0.2, -0.15) is 24.3 Å². The van der Waals surface area contributed by atoms with E-state index in [1.807, 2.05) is 30.3 Å². The van der Waals surface area contributed by atoms with Crippen molar-refractivity contribution in [2.24, 2.45) is 5.73 Å². The maximum Gasteiger partial charge on any atom is 2.00 e. The molecule has 1 nitrogen and oxygen atoms in total. The fourth-order valence-corrected chi connectivity index (χ4v) is 5.48. The van der Waals surface area contributed by atoms with Gasteiger partial charge < -0.3 is 5.73 Å². The molecule has 0 aliphatic rings. The Labute approximate surface area is 174 Å². The van der Waals surface area contributed by atoms with E-state index < -0.39 is 7.92 Å². The third-order valence-corrected chi connectivity index (χ3v) is 6.66. The SMILES string of the molecule is C[C@@H](N)[c-]1cccc1P(c1ccccc1)c1ccccc1.[Fe+2].c1cc[cH-]c1. The predicted octanol–water partition coefficient (Wildman–Crippen LogP) is 4.59. The Morgan fingerprint density at radius 1 is 0.778 bits per heavy atom. The van der Waals surface area contributed by atoms with Crippen LogP contribution in [0, 0.1) is 0 Å². The molecule has 0 bridgehead atoms. The van der Waals surface area contributed by atoms with Gasteiger partial charge in [0.1, 0.15) is 0 Å². The van der Waals surface area contributed by atoms with Crippen molar-refractivity contribution < 1.29 is 17.1 Å². The van der Waals surface area contributed by atoms with Crippen molar-refractivity contribution in [3.05, 3.63) is 115 Å². The smallest absolute Gasteiger partial charge is 0.334 e. The molecule has 0 unspecified atom stereocenters. The molecular weight excluding hydrogens is 389 g/mol. The summed E-state index contributed by atoms with van der Waals surface area (Å²) in [5.41, 5.74) is 7.42. The molecule has 27 heavy (non-hydrogen) atoms. The Morgan fingerprint density at radius 3 is 1.70 bits per heavy atom. The Morgan fingerprint density at radius 2 is 1.30 bits per heavy atom. The maximum absolute atomic E-state index is 6.16. The summed E-state index contributed by atoms with van der Waals surface area (Å²) >= 11 is 0. The van der Waals surface area contributed by atoms with E-state index >= 15 is 0 Å². The molecule has 0 radical (unpaired) electrons. The monoisotopic (exact) mass is 413 g/mol. The third-order valence-electron chi connectivity index (χ3n) is 4.14. The van der Waals surface area contributed by atoms with Gasteiger partial charge in [0.25, 0.3) is 0 Å². The predicted molar refractivity (Wildman–Crippen MR) is 115 cm³/mol. The van der Waals surface area contributed by atoms with Crippen LogP contribution in [0.2, 0.25) is 0 Å². The minimum Gasteiger partial charge on any atom is -0.334 e. The van der Waals surface area contributed by atoms with Crippen LogP contribution in [-0.4, -0.2) is 0 Å². The van der Waals surface area contributed by atoms with E-state index in [2.05, 4.69) is 85.8 Å². The van der Waals surface area contributed by atoms with E-state index in [1.54, 1.807) is 0 Å². The van der Waals surface area contributed by atoms with E-state index in [1.165, 1.54) is 21.5 Å². The average Bonchev–Trinajstić information content (AvgIpc) is 3.39. The first kappa shape index (κ1) is 21.4. The van der Waals surface area contributed by atoms with Crippen LogP contribution >= 0.6 is 7.92 Å². The Bertz CT molecular complexity index is 810. The summed E-state index contributed by atoms with van der Waals surface area (Å²) in [4.78, 5) is 0. The van der Waals surface area contributed by atoms with Gasteiger partial charge in [-0.3, -0.25) is 0 Å². The van der Waals surface area contributed by atoms with E-state index in [4.69, 9.17) is 5.73 Å². The third kappa shape index (κ3) is 5.76. The first-order chi connectivity index (χ1) is 12.8. The molecule has 0 aliphatic heterocycles. The van der Waals surface area contributed by atoms with E-state index in [9.17, 15) is 0 Å². The Balaban J connectivity index is 0.000000379. The zero-order valence-corrected chi connectivity index (χ0v) is 17.3. The molecule has 4 rings (SSSR count). The van der Waals surface area contributed by atoms with E-state index in [-0.39, 0.29) is 23.1 Å². The van der Waals surface area contributed by atoms with Gasteiger partial charge in [0, 0.05) is 0 Å². The van der Waals surface area contributed by atoms with Crippen LogP contribution < -0.4 is 21.6 Å². The van der Waals surface area contributed by atoms with Gasteiger partial charge in [-0.1, -0.05) is 67.6 Å². The van der Waals surface area contributed by atoms with Gasteiger partial charge in [-0.05, 0) is 24.6 Å². The molecule has 1 atom stereocenters. The topological polar surface area (TPSA) is 26.0 Å². The minimum atomic E-state index is -0.542. The van der Waals surface area contributed by atoms with Crippen molar-refractivity contribution >= 4 is 23.8 Å². The number of benzene rings is 2. The quantitative estimate of drug-likeness (QED) is 0.296. The summed E-state index contributed by atoms with van der Waals surface area (Å²) in [6.45, 7) is 2.06. The molecule has 0 heterocycles. The van der Waals surface area contributed by atoms with Crippen molar-refractivity contribution in [1.82, 2.24) is 0 Å². The van der Waals surface area contributed by atoms with Crippen molar-refractivity contribution in [1.29, 1.82) is 0 Å². The Kier molecular flexibility index (Phi) is 8.71. The van der Waals surface area contributed by atoms with Crippen LogP contribution in [0.25, 0.3) is 0 Å². The van der Waals surface area contributed by atoms with Crippen molar-refractivity contribution in [2.45, 2.75) is 13.0 Å². The molecule has 0 amide bonds. The number of hydrogen-bond donors (Lipinski definition) is 1. The molecule has 0 aliphatic carbocycles. The molecular formula is C24H24FeNP. The number of hydrogen-bond acceptors (Lipinski definition) is 1. The zero-order valence-electron chi connectivity index (χ0n) is 15.3. The van der Waals surface area contributed by atoms with Crippen molar-refractivity contribution in [3.63, 3.8) is 0 Å². The minimum absolute atomic E-state index is 0. The standard InChI is InChI=1S/C19H19NP.C5H5.Fe/c1-15(20)18-13-8-14-19(18)21(16-9-4-2-5-10-16)17-11-6-3-7-12-17;1-2-4-5-3-1;/h2-15H,20H2,1H3;1-5H;/q2*-1;+2/t15-;;/m1../s1. The maximum atomic E-state index is 6.16. The second-order valence-corrected chi connectivity index (χ2v) is 8.31. The summed E-state index contributed by atoms with van der Waals surface area (Å²) in [6.07, 6.45) is 0. The molecule has 4 aromatic carbocycles. The normalized spacial score (nSPS) is 11.2. The van der Waals surface area contributed by atoms with Gasteiger partial charge in [0.05, 0.1) is 0 Å². The molecule has 0 spiro atoms. The van der Waals surface area contributed by atoms with Gasteiger partial charge in [-0.15, -0.1) is 10.9 Å². The molecule has 3 heteroatoms. The fraction of sp³-hybridized carbons (Fsp3) is 0.0833. The van der Waals surface area contributed by atoms with Crippen LogP contribution in [0.5, 0.6) is 0 Å². The molecule has 0 saturated heterocycles. The van der Waals surface area contributed by atoms with Crippen LogP contribution in [0.15, 0.2) is 109 Å². The first-order valence-corrected chi connectivity index (χ1v) is 10.2. The van der Waals surface area contributed by atoms with Crippen LogP contribution in [0.1, 0.15) is 18.5 Å². The molecule has 2 N–H and O–H groups in total. The summed E-state index contributed by atoms with van der Waals surface area (Å²) in [5.74, 6) is 0. The second kappa shape index (κ2) is 11.0.